The smallest absolute Gasteiger partial charge is 0.0931 e. The Morgan fingerprint density at radius 1 is 1.60 bits per heavy atom. The molecule has 1 aromatic heterocycles. The molecule has 0 aliphatic carbocycles. The number of thiophene rings is 1. The van der Waals surface area contributed by atoms with Crippen molar-refractivity contribution in [2.24, 2.45) is 5.73 Å². The Morgan fingerprint density at radius 3 is 2.67 bits per heavy atom. The standard InChI is InChI=1S/C10H17ClN2OS/c1-7(14)6-13(2)8(5-12)9-3-4-10(11)15-9/h3-4,7-8,14H,5-6,12H2,1-2H3. The average molecular weight is 249 g/mol. The van der Waals surface area contributed by atoms with Crippen LogP contribution in [0.15, 0.2) is 12.1 Å². The van der Waals surface area contributed by atoms with Crippen LogP contribution >= 0.6 is 22.9 Å². The van der Waals surface area contributed by atoms with Crippen LogP contribution < -0.4 is 5.73 Å². The van der Waals surface area contributed by atoms with Crippen molar-refractivity contribution in [1.82, 2.24) is 4.90 Å². The van der Waals surface area contributed by atoms with Crippen molar-refractivity contribution < 1.29 is 5.11 Å². The van der Waals surface area contributed by atoms with Crippen LogP contribution in [0.1, 0.15) is 17.8 Å². The van der Waals surface area contributed by atoms with Crippen LogP contribution in [0.4, 0.5) is 0 Å². The highest BCUT2D eigenvalue weighted by atomic mass is 35.5. The van der Waals surface area contributed by atoms with Crippen LogP contribution in [0.25, 0.3) is 0 Å². The first-order chi connectivity index (χ1) is 7.04. The van der Waals surface area contributed by atoms with E-state index >= 15 is 0 Å². The van der Waals surface area contributed by atoms with Gasteiger partial charge in [0.15, 0.2) is 0 Å². The van der Waals surface area contributed by atoms with E-state index in [1.807, 2.05) is 24.1 Å². The third-order valence-electron chi connectivity index (χ3n) is 2.23. The first kappa shape index (κ1) is 12.9. The largest absolute Gasteiger partial charge is 0.392 e. The summed E-state index contributed by atoms with van der Waals surface area (Å²) in [7, 11) is 1.96. The molecule has 5 heteroatoms. The Morgan fingerprint density at radius 2 is 2.27 bits per heavy atom. The molecule has 1 heterocycles. The van der Waals surface area contributed by atoms with E-state index in [-0.39, 0.29) is 12.1 Å². The SMILES string of the molecule is CC(O)CN(C)C(CN)c1ccc(Cl)s1. The molecule has 0 aliphatic rings. The number of rotatable bonds is 5. The summed E-state index contributed by atoms with van der Waals surface area (Å²) in [6.45, 7) is 2.91. The molecule has 0 saturated heterocycles. The van der Waals surface area contributed by atoms with Gasteiger partial charge in [0.2, 0.25) is 0 Å². The monoisotopic (exact) mass is 248 g/mol. The minimum atomic E-state index is -0.348. The maximum Gasteiger partial charge on any atom is 0.0931 e. The number of hydrogen-bond acceptors (Lipinski definition) is 4. The van der Waals surface area contributed by atoms with E-state index in [2.05, 4.69) is 0 Å². The van der Waals surface area contributed by atoms with Gasteiger partial charge in [-0.25, -0.2) is 0 Å². The summed E-state index contributed by atoms with van der Waals surface area (Å²) >= 11 is 7.42. The van der Waals surface area contributed by atoms with Crippen LogP contribution in [-0.2, 0) is 0 Å². The quantitative estimate of drug-likeness (QED) is 0.834. The van der Waals surface area contributed by atoms with Gasteiger partial charge in [-0.05, 0) is 26.1 Å². The van der Waals surface area contributed by atoms with E-state index < -0.39 is 0 Å². The Hall–Kier alpha value is -0.130. The fraction of sp³-hybridized carbons (Fsp3) is 0.600. The molecule has 2 atom stereocenters. The molecule has 1 aromatic rings. The van der Waals surface area contributed by atoms with Crippen molar-refractivity contribution in [3.63, 3.8) is 0 Å². The third-order valence-corrected chi connectivity index (χ3v) is 3.56. The summed E-state index contributed by atoms with van der Waals surface area (Å²) in [6.07, 6.45) is -0.348. The Labute approximate surface area is 99.5 Å². The lowest BCUT2D eigenvalue weighted by Gasteiger charge is -2.27. The maximum absolute atomic E-state index is 9.31. The summed E-state index contributed by atoms with van der Waals surface area (Å²) in [5, 5.41) is 9.31. The zero-order valence-corrected chi connectivity index (χ0v) is 10.6. The molecule has 0 radical (unpaired) electrons. The molecule has 86 valence electrons. The molecule has 0 fully saturated rings. The van der Waals surface area contributed by atoms with Crippen LogP contribution in [0.5, 0.6) is 0 Å². The number of halogens is 1. The van der Waals surface area contributed by atoms with Gasteiger partial charge in [-0.1, -0.05) is 11.6 Å². The predicted molar refractivity (Wildman–Crippen MR) is 65.4 cm³/mol. The summed E-state index contributed by atoms with van der Waals surface area (Å²) in [5.41, 5.74) is 5.73. The lowest BCUT2D eigenvalue weighted by molar-refractivity contribution is 0.120. The molecule has 3 nitrogen and oxygen atoms in total. The van der Waals surface area contributed by atoms with E-state index in [0.29, 0.717) is 13.1 Å². The molecule has 0 aromatic carbocycles. The van der Waals surface area contributed by atoms with Crippen LogP contribution in [0, 0.1) is 0 Å². The van der Waals surface area contributed by atoms with Crippen molar-refractivity contribution in [2.75, 3.05) is 20.1 Å². The van der Waals surface area contributed by atoms with Crippen molar-refractivity contribution in [1.29, 1.82) is 0 Å². The fourth-order valence-electron chi connectivity index (χ4n) is 1.56. The van der Waals surface area contributed by atoms with Gasteiger partial charge < -0.3 is 10.8 Å². The van der Waals surface area contributed by atoms with Gasteiger partial charge in [-0.2, -0.15) is 0 Å². The van der Waals surface area contributed by atoms with Gasteiger partial charge in [0.25, 0.3) is 0 Å². The Kier molecular flexibility index (Phi) is 5.02. The minimum absolute atomic E-state index is 0.136. The highest BCUT2D eigenvalue weighted by Crippen LogP contribution is 2.29. The number of hydrogen-bond donors (Lipinski definition) is 2. The molecule has 0 aliphatic heterocycles. The van der Waals surface area contributed by atoms with Crippen LogP contribution in [-0.4, -0.2) is 36.2 Å². The highest BCUT2D eigenvalue weighted by molar-refractivity contribution is 7.16. The minimum Gasteiger partial charge on any atom is -0.392 e. The first-order valence-electron chi connectivity index (χ1n) is 4.88. The maximum atomic E-state index is 9.31. The molecular formula is C10H17ClN2OS. The van der Waals surface area contributed by atoms with Gasteiger partial charge in [0.05, 0.1) is 16.5 Å². The van der Waals surface area contributed by atoms with Gasteiger partial charge in [-0.3, -0.25) is 4.90 Å². The van der Waals surface area contributed by atoms with E-state index in [0.717, 1.165) is 9.21 Å². The van der Waals surface area contributed by atoms with E-state index in [1.165, 1.54) is 11.3 Å². The van der Waals surface area contributed by atoms with E-state index in [4.69, 9.17) is 17.3 Å². The fourth-order valence-corrected chi connectivity index (χ4v) is 2.80. The Balaban J connectivity index is 2.70. The zero-order valence-electron chi connectivity index (χ0n) is 8.98. The summed E-state index contributed by atoms with van der Waals surface area (Å²) in [6, 6.07) is 4.00. The van der Waals surface area contributed by atoms with E-state index in [9.17, 15) is 5.11 Å². The molecule has 0 saturated carbocycles. The second-order valence-electron chi connectivity index (χ2n) is 3.68. The van der Waals surface area contributed by atoms with Crippen molar-refractivity contribution >= 4 is 22.9 Å². The van der Waals surface area contributed by atoms with Gasteiger partial charge in [-0.15, -0.1) is 11.3 Å². The van der Waals surface area contributed by atoms with Gasteiger partial charge in [0, 0.05) is 18.0 Å². The number of likely N-dealkylation sites (N-methyl/N-ethyl adjacent to an activating group) is 1. The summed E-state index contributed by atoms with van der Waals surface area (Å²) < 4.78 is 0.772. The summed E-state index contributed by atoms with van der Waals surface area (Å²) in [4.78, 5) is 3.19. The molecule has 3 N–H and O–H groups in total. The average Bonchev–Trinajstić information content (AvgIpc) is 2.51. The highest BCUT2D eigenvalue weighted by Gasteiger charge is 2.18. The zero-order chi connectivity index (χ0) is 11.4. The summed E-state index contributed by atoms with van der Waals surface area (Å²) in [5.74, 6) is 0. The number of nitrogens with two attached hydrogens (primary N) is 1. The lowest BCUT2D eigenvalue weighted by atomic mass is 10.2. The van der Waals surface area contributed by atoms with Gasteiger partial charge >= 0.3 is 0 Å². The molecule has 0 bridgehead atoms. The topological polar surface area (TPSA) is 49.5 Å². The van der Waals surface area contributed by atoms with Crippen molar-refractivity contribution in [3.05, 3.63) is 21.3 Å². The van der Waals surface area contributed by atoms with Gasteiger partial charge in [0.1, 0.15) is 0 Å². The van der Waals surface area contributed by atoms with Crippen LogP contribution in [0.3, 0.4) is 0 Å². The lowest BCUT2D eigenvalue weighted by Crippen LogP contribution is -2.34. The molecule has 0 amide bonds. The van der Waals surface area contributed by atoms with E-state index in [1.54, 1.807) is 6.92 Å². The molecule has 1 rings (SSSR count). The van der Waals surface area contributed by atoms with Crippen molar-refractivity contribution in [3.8, 4) is 0 Å². The van der Waals surface area contributed by atoms with Crippen LogP contribution in [0.2, 0.25) is 4.34 Å². The number of nitrogens with zero attached hydrogens (tertiary/aromatic N) is 1. The second-order valence-corrected chi connectivity index (χ2v) is 5.43. The first-order valence-corrected chi connectivity index (χ1v) is 6.07. The second kappa shape index (κ2) is 5.82. The Bertz CT molecular complexity index is 303. The molecular weight excluding hydrogens is 232 g/mol. The third kappa shape index (κ3) is 3.74. The molecule has 2 unspecified atom stereocenters. The number of aliphatic hydroxyl groups is 1. The molecule has 0 spiro atoms. The van der Waals surface area contributed by atoms with Crippen molar-refractivity contribution in [2.45, 2.75) is 19.1 Å². The number of aliphatic hydroxyl groups excluding tert-OH is 1. The predicted octanol–water partition coefficient (Wildman–Crippen LogP) is 1.71. The normalized spacial score (nSPS) is 15.6. The molecule has 15 heavy (non-hydrogen) atoms.